The zero-order valence-corrected chi connectivity index (χ0v) is 10.0. The number of halogens is 1. The normalized spacial score (nSPS) is 19.2. The van der Waals surface area contributed by atoms with Crippen molar-refractivity contribution in [2.24, 2.45) is 5.92 Å². The highest BCUT2D eigenvalue weighted by Crippen LogP contribution is 2.32. The van der Waals surface area contributed by atoms with Crippen molar-refractivity contribution in [1.82, 2.24) is 5.32 Å². The molecule has 0 bridgehead atoms. The minimum Gasteiger partial charge on any atom is -0.458 e. The van der Waals surface area contributed by atoms with Crippen molar-refractivity contribution >= 4 is 11.0 Å². The number of benzene rings is 1. The molecule has 0 saturated carbocycles. The summed E-state index contributed by atoms with van der Waals surface area (Å²) in [5, 5.41) is 14.3. The molecule has 0 spiro atoms. The molecular weight excluding hydrogens is 233 g/mol. The minimum absolute atomic E-state index is 0.219. The third kappa shape index (κ3) is 2.13. The van der Waals surface area contributed by atoms with E-state index in [4.69, 9.17) is 4.42 Å². The van der Waals surface area contributed by atoms with Crippen LogP contribution in [0.2, 0.25) is 0 Å². The summed E-state index contributed by atoms with van der Waals surface area (Å²) in [6.45, 7) is 1.85. The Bertz CT molecular complexity index is 546. The number of hydrogen-bond acceptors (Lipinski definition) is 3. The van der Waals surface area contributed by atoms with E-state index in [1.54, 1.807) is 12.1 Å². The molecule has 96 valence electrons. The average Bonchev–Trinajstić information content (AvgIpc) is 2.81. The van der Waals surface area contributed by atoms with E-state index >= 15 is 0 Å². The quantitative estimate of drug-likeness (QED) is 0.860. The Morgan fingerprint density at radius 2 is 2.06 bits per heavy atom. The molecule has 2 aromatic rings. The molecule has 1 saturated heterocycles. The van der Waals surface area contributed by atoms with Crippen LogP contribution in [-0.2, 0) is 0 Å². The highest BCUT2D eigenvalue weighted by Gasteiger charge is 2.25. The van der Waals surface area contributed by atoms with E-state index in [9.17, 15) is 9.50 Å². The average molecular weight is 249 g/mol. The van der Waals surface area contributed by atoms with Gasteiger partial charge >= 0.3 is 0 Å². The number of hydrogen-bond donors (Lipinski definition) is 2. The Hall–Kier alpha value is -1.39. The van der Waals surface area contributed by atoms with Crippen molar-refractivity contribution in [3.8, 4) is 0 Å². The largest absolute Gasteiger partial charge is 0.458 e. The fourth-order valence-electron chi connectivity index (χ4n) is 2.57. The van der Waals surface area contributed by atoms with E-state index < -0.39 is 6.10 Å². The van der Waals surface area contributed by atoms with Crippen LogP contribution in [0, 0.1) is 11.7 Å². The van der Waals surface area contributed by atoms with Gasteiger partial charge < -0.3 is 14.8 Å². The highest BCUT2D eigenvalue weighted by molar-refractivity contribution is 5.77. The van der Waals surface area contributed by atoms with E-state index in [0.29, 0.717) is 16.7 Å². The van der Waals surface area contributed by atoms with Crippen molar-refractivity contribution in [3.05, 3.63) is 35.8 Å². The number of nitrogens with one attached hydrogen (secondary N) is 1. The van der Waals surface area contributed by atoms with Gasteiger partial charge in [-0.05, 0) is 56.1 Å². The molecule has 1 aromatic carbocycles. The molecule has 3 rings (SSSR count). The molecule has 1 aliphatic heterocycles. The van der Waals surface area contributed by atoms with Crippen LogP contribution in [0.3, 0.4) is 0 Å². The van der Waals surface area contributed by atoms with Gasteiger partial charge in [0.15, 0.2) is 0 Å². The minimum atomic E-state index is -0.595. The molecule has 1 aliphatic rings. The van der Waals surface area contributed by atoms with Gasteiger partial charge in [-0.25, -0.2) is 4.39 Å². The lowest BCUT2D eigenvalue weighted by molar-refractivity contribution is 0.0705. The molecular formula is C14H16FNO2. The number of fused-ring (bicyclic) bond motifs is 1. The molecule has 18 heavy (non-hydrogen) atoms. The Morgan fingerprint density at radius 3 is 2.83 bits per heavy atom. The zero-order valence-electron chi connectivity index (χ0n) is 10.0. The number of furan rings is 1. The third-order valence-corrected chi connectivity index (χ3v) is 3.62. The highest BCUT2D eigenvalue weighted by atomic mass is 19.1. The standard InChI is InChI=1S/C14H16FNO2/c15-11-1-2-12-10(7-11)8-13(18-12)14(17)9-3-5-16-6-4-9/h1-2,7-9,14,16-17H,3-6H2. The van der Waals surface area contributed by atoms with Crippen LogP contribution in [0.25, 0.3) is 11.0 Å². The van der Waals surface area contributed by atoms with Gasteiger partial charge in [0.2, 0.25) is 0 Å². The third-order valence-electron chi connectivity index (χ3n) is 3.62. The molecule has 4 heteroatoms. The molecule has 1 atom stereocenters. The fourth-order valence-corrected chi connectivity index (χ4v) is 2.57. The van der Waals surface area contributed by atoms with Gasteiger partial charge in [-0.1, -0.05) is 0 Å². The molecule has 0 amide bonds. The van der Waals surface area contributed by atoms with Gasteiger partial charge in [0.25, 0.3) is 0 Å². The van der Waals surface area contributed by atoms with E-state index in [2.05, 4.69) is 5.32 Å². The lowest BCUT2D eigenvalue weighted by atomic mass is 9.91. The van der Waals surface area contributed by atoms with Crippen molar-refractivity contribution in [2.75, 3.05) is 13.1 Å². The van der Waals surface area contributed by atoms with E-state index in [-0.39, 0.29) is 11.7 Å². The van der Waals surface area contributed by atoms with Crippen molar-refractivity contribution in [1.29, 1.82) is 0 Å². The van der Waals surface area contributed by atoms with Crippen LogP contribution < -0.4 is 5.32 Å². The van der Waals surface area contributed by atoms with Gasteiger partial charge in [-0.15, -0.1) is 0 Å². The van der Waals surface area contributed by atoms with Crippen LogP contribution >= 0.6 is 0 Å². The monoisotopic (exact) mass is 249 g/mol. The summed E-state index contributed by atoms with van der Waals surface area (Å²) in [4.78, 5) is 0. The molecule has 1 unspecified atom stereocenters. The van der Waals surface area contributed by atoms with Crippen LogP contribution in [0.1, 0.15) is 24.7 Å². The van der Waals surface area contributed by atoms with Crippen LogP contribution in [0.4, 0.5) is 4.39 Å². The topological polar surface area (TPSA) is 45.4 Å². The van der Waals surface area contributed by atoms with Gasteiger partial charge in [0, 0.05) is 5.39 Å². The summed E-state index contributed by atoms with van der Waals surface area (Å²) in [6, 6.07) is 6.14. The molecule has 0 aliphatic carbocycles. The number of rotatable bonds is 2. The molecule has 2 heterocycles. The summed E-state index contributed by atoms with van der Waals surface area (Å²) in [5.74, 6) is 0.477. The zero-order chi connectivity index (χ0) is 12.5. The summed E-state index contributed by atoms with van der Waals surface area (Å²) in [7, 11) is 0. The second-order valence-corrected chi connectivity index (χ2v) is 4.86. The summed E-state index contributed by atoms with van der Waals surface area (Å²) in [5.41, 5.74) is 0.624. The predicted molar refractivity (Wildman–Crippen MR) is 66.7 cm³/mol. The molecule has 3 nitrogen and oxygen atoms in total. The Morgan fingerprint density at radius 1 is 1.28 bits per heavy atom. The van der Waals surface area contributed by atoms with E-state index in [1.807, 2.05) is 0 Å². The van der Waals surface area contributed by atoms with Gasteiger partial charge in [0.1, 0.15) is 23.3 Å². The van der Waals surface area contributed by atoms with Gasteiger partial charge in [-0.3, -0.25) is 0 Å². The summed E-state index contributed by atoms with van der Waals surface area (Å²) in [6.07, 6.45) is 1.28. The maximum absolute atomic E-state index is 13.1. The van der Waals surface area contributed by atoms with Crippen LogP contribution in [0.15, 0.2) is 28.7 Å². The first-order valence-electron chi connectivity index (χ1n) is 6.32. The number of aliphatic hydroxyl groups excluding tert-OH is 1. The summed E-state index contributed by atoms with van der Waals surface area (Å²) < 4.78 is 18.7. The maximum atomic E-state index is 13.1. The lowest BCUT2D eigenvalue weighted by Crippen LogP contribution is -2.30. The second-order valence-electron chi connectivity index (χ2n) is 4.86. The molecule has 2 N–H and O–H groups in total. The maximum Gasteiger partial charge on any atom is 0.134 e. The Kier molecular flexibility index (Phi) is 3.06. The van der Waals surface area contributed by atoms with Crippen molar-refractivity contribution in [3.63, 3.8) is 0 Å². The SMILES string of the molecule is OC(c1cc2cc(F)ccc2o1)C1CCNCC1. The molecule has 0 radical (unpaired) electrons. The fraction of sp³-hybridized carbons (Fsp3) is 0.429. The number of aliphatic hydroxyl groups is 1. The van der Waals surface area contributed by atoms with E-state index in [1.165, 1.54) is 12.1 Å². The van der Waals surface area contributed by atoms with Crippen LogP contribution in [0.5, 0.6) is 0 Å². The second kappa shape index (κ2) is 4.71. The lowest BCUT2D eigenvalue weighted by Gasteiger charge is -2.25. The predicted octanol–water partition coefficient (Wildman–Crippen LogP) is 2.60. The number of piperidine rings is 1. The smallest absolute Gasteiger partial charge is 0.134 e. The van der Waals surface area contributed by atoms with E-state index in [0.717, 1.165) is 25.9 Å². The Balaban J connectivity index is 1.88. The molecule has 1 aromatic heterocycles. The molecule has 1 fully saturated rings. The first-order valence-corrected chi connectivity index (χ1v) is 6.32. The van der Waals surface area contributed by atoms with Crippen molar-refractivity contribution < 1.29 is 13.9 Å². The van der Waals surface area contributed by atoms with Crippen LogP contribution in [-0.4, -0.2) is 18.2 Å². The van der Waals surface area contributed by atoms with Crippen molar-refractivity contribution in [2.45, 2.75) is 18.9 Å². The first kappa shape index (κ1) is 11.7. The Labute approximate surface area is 105 Å². The first-order chi connectivity index (χ1) is 8.74. The van der Waals surface area contributed by atoms with Gasteiger partial charge in [0.05, 0.1) is 0 Å². The summed E-state index contributed by atoms with van der Waals surface area (Å²) >= 11 is 0. The van der Waals surface area contributed by atoms with Gasteiger partial charge in [-0.2, -0.15) is 0 Å².